The van der Waals surface area contributed by atoms with E-state index < -0.39 is 5.41 Å². The smallest absolute Gasteiger partial charge is 0.165 e. The average molecular weight is 220 g/mol. The maximum Gasteiger partial charge on any atom is 0.165 e. The third-order valence-corrected chi connectivity index (χ3v) is 4.03. The van der Waals surface area contributed by atoms with Crippen molar-refractivity contribution in [3.63, 3.8) is 0 Å². The van der Waals surface area contributed by atoms with E-state index in [1.165, 1.54) is 12.8 Å². The van der Waals surface area contributed by atoms with Crippen LogP contribution in [0.1, 0.15) is 52.9 Å². The molecule has 0 aromatic heterocycles. The molecule has 0 radical (unpaired) electrons. The van der Waals surface area contributed by atoms with E-state index in [0.29, 0.717) is 12.3 Å². The molecule has 0 bridgehead atoms. The minimum Gasteiger partial charge on any atom is -0.294 e. The molecular weight excluding hydrogens is 200 g/mol. The third kappa shape index (κ3) is 1.74. The highest BCUT2D eigenvalue weighted by molar-refractivity contribution is 6.14. The van der Waals surface area contributed by atoms with Crippen molar-refractivity contribution >= 4 is 11.6 Å². The van der Waals surface area contributed by atoms with Gasteiger partial charge in [-0.3, -0.25) is 9.59 Å². The van der Waals surface area contributed by atoms with Gasteiger partial charge in [0.1, 0.15) is 0 Å². The molecule has 0 aromatic carbocycles. The summed E-state index contributed by atoms with van der Waals surface area (Å²) in [5.41, 5.74) is 1.12. The molecule has 1 fully saturated rings. The Hall–Kier alpha value is -0.920. The first kappa shape index (κ1) is 11.6. The Balaban J connectivity index is 2.39. The fourth-order valence-electron chi connectivity index (χ4n) is 3.16. The van der Waals surface area contributed by atoms with Crippen molar-refractivity contribution in [3.8, 4) is 0 Å². The van der Waals surface area contributed by atoms with Crippen molar-refractivity contribution in [1.29, 1.82) is 0 Å². The lowest BCUT2D eigenvalue weighted by molar-refractivity contribution is -0.130. The molecule has 0 heterocycles. The summed E-state index contributed by atoms with van der Waals surface area (Å²) in [6, 6.07) is 0. The highest BCUT2D eigenvalue weighted by atomic mass is 16.1. The number of Topliss-reactive ketones (excluding diaryl/α,β-unsaturated/α-hetero) is 2. The van der Waals surface area contributed by atoms with Crippen LogP contribution in [0.5, 0.6) is 0 Å². The number of hydrogen-bond acceptors (Lipinski definition) is 2. The maximum absolute atomic E-state index is 12.1. The van der Waals surface area contributed by atoms with Gasteiger partial charge in [0, 0.05) is 17.4 Å². The third-order valence-electron chi connectivity index (χ3n) is 4.03. The predicted molar refractivity (Wildman–Crippen MR) is 63.1 cm³/mol. The normalized spacial score (nSPS) is 26.7. The predicted octanol–water partition coefficient (Wildman–Crippen LogP) is 3.06. The number of carbonyl (C=O) groups excluding carboxylic acids is 2. The highest BCUT2D eigenvalue weighted by Crippen LogP contribution is 2.41. The van der Waals surface area contributed by atoms with E-state index in [1.807, 2.05) is 20.8 Å². The molecule has 0 saturated heterocycles. The van der Waals surface area contributed by atoms with Crippen LogP contribution in [0.15, 0.2) is 11.1 Å². The topological polar surface area (TPSA) is 34.1 Å². The second kappa shape index (κ2) is 3.83. The Kier molecular flexibility index (Phi) is 2.77. The minimum absolute atomic E-state index is 0.175. The van der Waals surface area contributed by atoms with E-state index in [1.54, 1.807) is 0 Å². The molecule has 2 heteroatoms. The Labute approximate surface area is 97.1 Å². The molecule has 2 nitrogen and oxygen atoms in total. The summed E-state index contributed by atoms with van der Waals surface area (Å²) >= 11 is 0. The lowest BCUT2D eigenvalue weighted by Crippen LogP contribution is -2.36. The van der Waals surface area contributed by atoms with Gasteiger partial charge in [0.25, 0.3) is 0 Å². The van der Waals surface area contributed by atoms with E-state index in [0.717, 1.165) is 24.0 Å². The Morgan fingerprint density at radius 1 is 1.12 bits per heavy atom. The van der Waals surface area contributed by atoms with E-state index >= 15 is 0 Å². The zero-order valence-electron chi connectivity index (χ0n) is 10.4. The molecule has 0 atom stereocenters. The zero-order chi connectivity index (χ0) is 11.9. The Morgan fingerprint density at radius 3 is 2.25 bits per heavy atom. The molecule has 0 amide bonds. The molecule has 2 aliphatic carbocycles. The molecule has 88 valence electrons. The number of rotatable bonds is 1. The van der Waals surface area contributed by atoms with Gasteiger partial charge in [0.05, 0.1) is 0 Å². The van der Waals surface area contributed by atoms with Crippen molar-refractivity contribution in [3.05, 3.63) is 11.1 Å². The van der Waals surface area contributed by atoms with Crippen LogP contribution >= 0.6 is 0 Å². The number of hydrogen-bond donors (Lipinski definition) is 0. The summed E-state index contributed by atoms with van der Waals surface area (Å²) in [7, 11) is 0. The standard InChI is InChI=1S/C14H20O2/c1-9-12(10-6-4-5-7-10)11(15)8-14(2,3)13(9)16/h10H,4-8H2,1-3H3. The quantitative estimate of drug-likeness (QED) is 0.680. The summed E-state index contributed by atoms with van der Waals surface area (Å²) in [4.78, 5) is 24.3. The molecular formula is C14H20O2. The van der Waals surface area contributed by atoms with E-state index in [-0.39, 0.29) is 11.6 Å². The molecule has 0 spiro atoms. The lowest BCUT2D eigenvalue weighted by Gasteiger charge is -2.31. The summed E-state index contributed by atoms with van der Waals surface area (Å²) in [6.45, 7) is 5.60. The molecule has 2 rings (SSSR count). The van der Waals surface area contributed by atoms with Gasteiger partial charge in [0.2, 0.25) is 0 Å². The van der Waals surface area contributed by atoms with Crippen molar-refractivity contribution < 1.29 is 9.59 Å². The Morgan fingerprint density at radius 2 is 1.69 bits per heavy atom. The van der Waals surface area contributed by atoms with E-state index in [4.69, 9.17) is 0 Å². The minimum atomic E-state index is -0.483. The fraction of sp³-hybridized carbons (Fsp3) is 0.714. The van der Waals surface area contributed by atoms with Crippen LogP contribution in [0.4, 0.5) is 0 Å². The number of allylic oxidation sites excluding steroid dienone is 2. The van der Waals surface area contributed by atoms with E-state index in [2.05, 4.69) is 0 Å². The van der Waals surface area contributed by atoms with Crippen LogP contribution < -0.4 is 0 Å². The maximum atomic E-state index is 12.1. The second-order valence-electron chi connectivity index (χ2n) is 5.83. The van der Waals surface area contributed by atoms with Crippen LogP contribution in [0.2, 0.25) is 0 Å². The van der Waals surface area contributed by atoms with Gasteiger partial charge in [0.15, 0.2) is 11.6 Å². The molecule has 1 saturated carbocycles. The van der Waals surface area contributed by atoms with Crippen LogP contribution in [-0.4, -0.2) is 11.6 Å². The average Bonchev–Trinajstić information content (AvgIpc) is 2.67. The number of ketones is 2. The van der Waals surface area contributed by atoms with Crippen molar-refractivity contribution in [2.45, 2.75) is 52.9 Å². The second-order valence-corrected chi connectivity index (χ2v) is 5.83. The van der Waals surface area contributed by atoms with Crippen molar-refractivity contribution in [2.24, 2.45) is 11.3 Å². The van der Waals surface area contributed by atoms with Gasteiger partial charge >= 0.3 is 0 Å². The van der Waals surface area contributed by atoms with Crippen molar-refractivity contribution in [1.82, 2.24) is 0 Å². The Bertz CT molecular complexity index is 368. The molecule has 0 aromatic rings. The van der Waals surface area contributed by atoms with Crippen LogP contribution in [0.3, 0.4) is 0 Å². The summed E-state index contributed by atoms with van der Waals surface area (Å²) < 4.78 is 0. The van der Waals surface area contributed by atoms with Gasteiger partial charge < -0.3 is 0 Å². The van der Waals surface area contributed by atoms with Crippen LogP contribution in [0, 0.1) is 11.3 Å². The first-order valence-electron chi connectivity index (χ1n) is 6.22. The molecule has 0 aliphatic heterocycles. The molecule has 2 aliphatic rings. The van der Waals surface area contributed by atoms with Gasteiger partial charge in [-0.15, -0.1) is 0 Å². The van der Waals surface area contributed by atoms with Gasteiger partial charge in [-0.2, -0.15) is 0 Å². The first-order valence-corrected chi connectivity index (χ1v) is 6.22. The molecule has 0 N–H and O–H groups in total. The van der Waals surface area contributed by atoms with Crippen LogP contribution in [-0.2, 0) is 9.59 Å². The number of carbonyl (C=O) groups is 2. The highest BCUT2D eigenvalue weighted by Gasteiger charge is 2.41. The van der Waals surface area contributed by atoms with Gasteiger partial charge in [-0.1, -0.05) is 26.7 Å². The monoisotopic (exact) mass is 220 g/mol. The summed E-state index contributed by atoms with van der Waals surface area (Å²) in [5.74, 6) is 0.760. The molecule has 16 heavy (non-hydrogen) atoms. The zero-order valence-corrected chi connectivity index (χ0v) is 10.4. The first-order chi connectivity index (χ1) is 7.43. The SMILES string of the molecule is CC1=C(C2CCCC2)C(=O)CC(C)(C)C1=O. The van der Waals surface area contributed by atoms with E-state index in [9.17, 15) is 9.59 Å². The fourth-order valence-corrected chi connectivity index (χ4v) is 3.16. The van der Waals surface area contributed by atoms with Crippen LogP contribution in [0.25, 0.3) is 0 Å². The summed E-state index contributed by atoms with van der Waals surface area (Å²) in [6.07, 6.45) is 4.98. The van der Waals surface area contributed by atoms with Gasteiger partial charge in [-0.05, 0) is 31.3 Å². The lowest BCUT2D eigenvalue weighted by atomic mass is 9.70. The molecule has 0 unspecified atom stereocenters. The summed E-state index contributed by atoms with van der Waals surface area (Å²) in [5, 5.41) is 0. The van der Waals surface area contributed by atoms with Gasteiger partial charge in [-0.25, -0.2) is 0 Å². The largest absolute Gasteiger partial charge is 0.294 e. The van der Waals surface area contributed by atoms with Crippen molar-refractivity contribution in [2.75, 3.05) is 0 Å².